The minimum atomic E-state index is -0.154. The van der Waals surface area contributed by atoms with Crippen molar-refractivity contribution in [2.75, 3.05) is 16.3 Å². The first-order chi connectivity index (χ1) is 16.1. The molecule has 2 aliphatic heterocycles. The second-order valence-electron chi connectivity index (χ2n) is 8.92. The molecule has 3 aromatic rings. The minimum Gasteiger partial charge on any atom is -0.467 e. The van der Waals surface area contributed by atoms with Crippen molar-refractivity contribution in [1.29, 1.82) is 0 Å². The zero-order valence-electron chi connectivity index (χ0n) is 18.9. The lowest BCUT2D eigenvalue weighted by molar-refractivity contribution is -0.119. The van der Waals surface area contributed by atoms with Crippen molar-refractivity contribution in [3.05, 3.63) is 83.3 Å². The molecule has 0 saturated carbocycles. The van der Waals surface area contributed by atoms with E-state index in [-0.39, 0.29) is 11.8 Å². The third-order valence-corrected chi connectivity index (χ3v) is 6.65. The van der Waals surface area contributed by atoms with Gasteiger partial charge < -0.3 is 19.5 Å². The van der Waals surface area contributed by atoms with E-state index in [1.54, 1.807) is 12.3 Å². The first-order valence-corrected chi connectivity index (χ1v) is 11.7. The van der Waals surface area contributed by atoms with Crippen molar-refractivity contribution in [3.8, 4) is 0 Å². The number of rotatable bonds is 6. The largest absolute Gasteiger partial charge is 0.467 e. The molecule has 0 bridgehead atoms. The van der Waals surface area contributed by atoms with E-state index < -0.39 is 0 Å². The Bertz CT molecular complexity index is 1170. The van der Waals surface area contributed by atoms with Crippen LogP contribution < -0.4 is 15.1 Å². The molecule has 1 unspecified atom stereocenters. The van der Waals surface area contributed by atoms with Gasteiger partial charge in [0.15, 0.2) is 0 Å². The SMILES string of the molecule is CC1Cc2ccccc2N1Cc1occc1C(=O)NCc1cccc(N2CCCCC2=O)c1. The van der Waals surface area contributed by atoms with Crippen LogP contribution in [0.5, 0.6) is 0 Å². The monoisotopic (exact) mass is 443 g/mol. The molecular weight excluding hydrogens is 414 g/mol. The molecule has 0 spiro atoms. The Balaban J connectivity index is 1.25. The van der Waals surface area contributed by atoms with E-state index in [2.05, 4.69) is 35.3 Å². The Hall–Kier alpha value is -3.54. The molecule has 2 amide bonds. The first kappa shape index (κ1) is 21.3. The number of nitrogens with zero attached hydrogens (tertiary/aromatic N) is 2. The topological polar surface area (TPSA) is 65.8 Å². The average Bonchev–Trinajstić information content (AvgIpc) is 3.42. The van der Waals surface area contributed by atoms with Gasteiger partial charge in [0.05, 0.1) is 18.4 Å². The predicted octanol–water partition coefficient (Wildman–Crippen LogP) is 4.68. The highest BCUT2D eigenvalue weighted by atomic mass is 16.3. The van der Waals surface area contributed by atoms with Crippen LogP contribution in [-0.4, -0.2) is 24.4 Å². The van der Waals surface area contributed by atoms with Crippen molar-refractivity contribution in [1.82, 2.24) is 5.32 Å². The van der Waals surface area contributed by atoms with Gasteiger partial charge in [-0.3, -0.25) is 9.59 Å². The number of hydrogen-bond acceptors (Lipinski definition) is 4. The van der Waals surface area contributed by atoms with Crippen molar-refractivity contribution in [2.24, 2.45) is 0 Å². The summed E-state index contributed by atoms with van der Waals surface area (Å²) in [7, 11) is 0. The standard InChI is InChI=1S/C27H29N3O3/c1-19-15-21-8-2-3-10-24(21)30(19)18-25-23(12-14-33-25)27(32)28-17-20-7-6-9-22(16-20)29-13-5-4-11-26(29)31/h2-3,6-10,12,14,16,19H,4-5,11,13,15,17-18H2,1H3,(H,28,32). The minimum absolute atomic E-state index is 0.154. The fourth-order valence-corrected chi connectivity index (χ4v) is 4.88. The molecule has 6 heteroatoms. The van der Waals surface area contributed by atoms with Crippen LogP contribution in [0, 0.1) is 0 Å². The zero-order chi connectivity index (χ0) is 22.8. The Labute approximate surface area is 194 Å². The predicted molar refractivity (Wildman–Crippen MR) is 128 cm³/mol. The number of hydrogen-bond donors (Lipinski definition) is 1. The molecule has 170 valence electrons. The highest BCUT2D eigenvalue weighted by molar-refractivity contribution is 5.95. The molecule has 0 radical (unpaired) electrons. The quantitative estimate of drug-likeness (QED) is 0.601. The lowest BCUT2D eigenvalue weighted by Gasteiger charge is -2.27. The van der Waals surface area contributed by atoms with E-state index in [0.717, 1.165) is 37.1 Å². The summed E-state index contributed by atoms with van der Waals surface area (Å²) >= 11 is 0. The highest BCUT2D eigenvalue weighted by Crippen LogP contribution is 2.33. The number of carbonyl (C=O) groups excluding carboxylic acids is 2. The van der Waals surface area contributed by atoms with Crippen LogP contribution in [0.2, 0.25) is 0 Å². The number of anilines is 2. The highest BCUT2D eigenvalue weighted by Gasteiger charge is 2.28. The third kappa shape index (κ3) is 4.38. The van der Waals surface area contributed by atoms with Gasteiger partial charge in [-0.1, -0.05) is 30.3 Å². The van der Waals surface area contributed by atoms with E-state index in [1.165, 1.54) is 11.3 Å². The van der Waals surface area contributed by atoms with Crippen LogP contribution in [-0.2, 0) is 24.3 Å². The van der Waals surface area contributed by atoms with E-state index in [4.69, 9.17) is 4.42 Å². The van der Waals surface area contributed by atoms with Crippen molar-refractivity contribution >= 4 is 23.2 Å². The molecule has 1 fully saturated rings. The number of piperidine rings is 1. The van der Waals surface area contributed by atoms with E-state index >= 15 is 0 Å². The summed E-state index contributed by atoms with van der Waals surface area (Å²) in [5.41, 5.74) is 4.96. The maximum Gasteiger partial charge on any atom is 0.255 e. The molecule has 6 nitrogen and oxygen atoms in total. The second-order valence-corrected chi connectivity index (χ2v) is 8.92. The molecule has 1 saturated heterocycles. The van der Waals surface area contributed by atoms with Gasteiger partial charge in [-0.2, -0.15) is 0 Å². The number of para-hydroxylation sites is 1. The molecule has 1 aromatic heterocycles. The van der Waals surface area contributed by atoms with Gasteiger partial charge in [0.2, 0.25) is 5.91 Å². The van der Waals surface area contributed by atoms with Crippen molar-refractivity contribution in [2.45, 2.75) is 51.7 Å². The van der Waals surface area contributed by atoms with Crippen molar-refractivity contribution < 1.29 is 14.0 Å². The van der Waals surface area contributed by atoms with Crippen LogP contribution >= 0.6 is 0 Å². The van der Waals surface area contributed by atoms with Gasteiger partial charge in [0.25, 0.3) is 5.91 Å². The maximum atomic E-state index is 13.0. The van der Waals surface area contributed by atoms with Crippen LogP contribution in [0.15, 0.2) is 65.3 Å². The van der Waals surface area contributed by atoms with Gasteiger partial charge in [-0.25, -0.2) is 0 Å². The number of benzene rings is 2. The summed E-state index contributed by atoms with van der Waals surface area (Å²) in [5, 5.41) is 3.02. The van der Waals surface area contributed by atoms with Crippen LogP contribution in [0.4, 0.5) is 11.4 Å². The van der Waals surface area contributed by atoms with Gasteiger partial charge >= 0.3 is 0 Å². The zero-order valence-corrected chi connectivity index (χ0v) is 18.9. The van der Waals surface area contributed by atoms with E-state index in [1.807, 2.05) is 35.2 Å². The Morgan fingerprint density at radius 2 is 2.00 bits per heavy atom. The fourth-order valence-electron chi connectivity index (χ4n) is 4.88. The number of carbonyl (C=O) groups is 2. The fraction of sp³-hybridized carbons (Fsp3) is 0.333. The van der Waals surface area contributed by atoms with Crippen LogP contribution in [0.1, 0.15) is 53.4 Å². The van der Waals surface area contributed by atoms with E-state index in [9.17, 15) is 9.59 Å². The number of amides is 2. The number of fused-ring (bicyclic) bond motifs is 1. The summed E-state index contributed by atoms with van der Waals surface area (Å²) in [6.07, 6.45) is 5.16. The summed E-state index contributed by atoms with van der Waals surface area (Å²) < 4.78 is 5.73. The summed E-state index contributed by atoms with van der Waals surface area (Å²) in [4.78, 5) is 29.4. The Kier molecular flexibility index (Phi) is 5.90. The normalized spacial score (nSPS) is 17.8. The lowest BCUT2D eigenvalue weighted by atomic mass is 10.1. The van der Waals surface area contributed by atoms with Gasteiger partial charge in [-0.15, -0.1) is 0 Å². The van der Waals surface area contributed by atoms with Crippen LogP contribution in [0.25, 0.3) is 0 Å². The molecule has 2 aliphatic rings. The van der Waals surface area contributed by atoms with Gasteiger partial charge in [-0.05, 0) is 61.6 Å². The molecule has 33 heavy (non-hydrogen) atoms. The van der Waals surface area contributed by atoms with Crippen LogP contribution in [0.3, 0.4) is 0 Å². The Morgan fingerprint density at radius 3 is 2.88 bits per heavy atom. The summed E-state index contributed by atoms with van der Waals surface area (Å²) in [6, 6.07) is 18.3. The van der Waals surface area contributed by atoms with E-state index in [0.29, 0.717) is 36.9 Å². The van der Waals surface area contributed by atoms with Gasteiger partial charge in [0, 0.05) is 36.9 Å². The molecule has 1 N–H and O–H groups in total. The van der Waals surface area contributed by atoms with Crippen molar-refractivity contribution in [3.63, 3.8) is 0 Å². The molecule has 2 aromatic carbocycles. The molecular formula is C27H29N3O3. The summed E-state index contributed by atoms with van der Waals surface area (Å²) in [5.74, 6) is 0.685. The molecule has 0 aliphatic carbocycles. The molecule has 1 atom stereocenters. The second kappa shape index (κ2) is 9.14. The third-order valence-electron chi connectivity index (χ3n) is 6.65. The van der Waals surface area contributed by atoms with Gasteiger partial charge in [0.1, 0.15) is 5.76 Å². The maximum absolute atomic E-state index is 13.0. The molecule has 5 rings (SSSR count). The number of nitrogens with one attached hydrogen (secondary N) is 1. The average molecular weight is 444 g/mol. The Morgan fingerprint density at radius 1 is 1.12 bits per heavy atom. The number of furan rings is 1. The summed E-state index contributed by atoms with van der Waals surface area (Å²) in [6.45, 7) is 3.90. The lowest BCUT2D eigenvalue weighted by Crippen LogP contribution is -2.35. The molecule has 3 heterocycles. The first-order valence-electron chi connectivity index (χ1n) is 11.7. The smallest absolute Gasteiger partial charge is 0.255 e.